The Hall–Kier alpha value is -3.59. The fraction of sp³-hybridized carbons (Fsp3) is 0.464. The molecule has 37 heavy (non-hydrogen) atoms. The van der Waals surface area contributed by atoms with Gasteiger partial charge in [0, 0.05) is 37.2 Å². The standard InChI is InChI=1S/C28H36N4O5/c1-18-14-20(15-19(2)26(18)37-13-9-6-10-24(33)31-34)27-29-22-16-21(35-3)17-23(36-4)25(22)28(30-27)32-11-7-5-8-12-32/h14-17,34H,5-13H2,1-4H3,(H,31,33). The van der Waals surface area contributed by atoms with E-state index in [4.69, 9.17) is 29.4 Å². The molecule has 0 saturated carbocycles. The van der Waals surface area contributed by atoms with E-state index in [-0.39, 0.29) is 12.3 Å². The molecule has 4 rings (SSSR count). The lowest BCUT2D eigenvalue weighted by Gasteiger charge is -2.29. The van der Waals surface area contributed by atoms with E-state index in [1.54, 1.807) is 19.7 Å². The van der Waals surface area contributed by atoms with Gasteiger partial charge in [-0.3, -0.25) is 10.0 Å². The third kappa shape index (κ3) is 6.05. The van der Waals surface area contributed by atoms with Crippen molar-refractivity contribution in [3.8, 4) is 28.6 Å². The fourth-order valence-electron chi connectivity index (χ4n) is 4.85. The van der Waals surface area contributed by atoms with Gasteiger partial charge in [-0.05, 0) is 69.2 Å². The van der Waals surface area contributed by atoms with Crippen LogP contribution in [0, 0.1) is 13.8 Å². The molecule has 1 aliphatic rings. The topological polar surface area (TPSA) is 106 Å². The molecule has 9 heteroatoms. The maximum atomic E-state index is 11.2. The van der Waals surface area contributed by atoms with Crippen LogP contribution in [0.15, 0.2) is 24.3 Å². The lowest BCUT2D eigenvalue weighted by Crippen LogP contribution is -2.30. The van der Waals surface area contributed by atoms with Crippen molar-refractivity contribution in [2.24, 2.45) is 0 Å². The van der Waals surface area contributed by atoms with Crippen LogP contribution in [0.5, 0.6) is 17.2 Å². The summed E-state index contributed by atoms with van der Waals surface area (Å²) in [6.07, 6.45) is 5.11. The molecule has 1 fully saturated rings. The predicted octanol–water partition coefficient (Wildman–Crippen LogP) is 4.98. The molecular formula is C28H36N4O5. The number of methoxy groups -OCH3 is 2. The van der Waals surface area contributed by atoms with Crippen molar-refractivity contribution in [3.63, 3.8) is 0 Å². The quantitative estimate of drug-likeness (QED) is 0.225. The molecule has 0 aliphatic carbocycles. The Balaban J connectivity index is 1.68. The van der Waals surface area contributed by atoms with Crippen LogP contribution in [0.1, 0.15) is 49.7 Å². The second kappa shape index (κ2) is 12.1. The van der Waals surface area contributed by atoms with Crippen LogP contribution < -0.4 is 24.6 Å². The van der Waals surface area contributed by atoms with Crippen LogP contribution in [0.3, 0.4) is 0 Å². The Morgan fingerprint density at radius 3 is 2.38 bits per heavy atom. The number of anilines is 1. The molecule has 198 valence electrons. The number of nitrogens with one attached hydrogen (secondary N) is 1. The molecule has 1 amide bonds. The molecule has 1 saturated heterocycles. The first-order valence-electron chi connectivity index (χ1n) is 12.8. The first-order chi connectivity index (χ1) is 17.9. The highest BCUT2D eigenvalue weighted by Crippen LogP contribution is 2.39. The van der Waals surface area contributed by atoms with E-state index in [9.17, 15) is 4.79 Å². The Kier molecular flexibility index (Phi) is 8.66. The number of hydrogen-bond acceptors (Lipinski definition) is 8. The number of rotatable bonds is 10. The van der Waals surface area contributed by atoms with Crippen molar-refractivity contribution in [1.29, 1.82) is 0 Å². The van der Waals surface area contributed by atoms with Crippen LogP contribution in [0.25, 0.3) is 22.3 Å². The number of piperidine rings is 1. The zero-order valence-corrected chi connectivity index (χ0v) is 22.1. The smallest absolute Gasteiger partial charge is 0.243 e. The van der Waals surface area contributed by atoms with Gasteiger partial charge in [0.2, 0.25) is 5.91 Å². The lowest BCUT2D eigenvalue weighted by molar-refractivity contribution is -0.129. The number of nitrogens with zero attached hydrogens (tertiary/aromatic N) is 3. The zero-order chi connectivity index (χ0) is 26.4. The summed E-state index contributed by atoms with van der Waals surface area (Å²) in [4.78, 5) is 23.5. The third-order valence-corrected chi connectivity index (χ3v) is 6.72. The Labute approximate surface area is 217 Å². The number of aryl methyl sites for hydroxylation is 2. The number of hydroxylamine groups is 1. The molecule has 2 N–H and O–H groups in total. The van der Waals surface area contributed by atoms with Crippen molar-refractivity contribution in [1.82, 2.24) is 15.4 Å². The molecule has 0 spiro atoms. The Morgan fingerprint density at radius 2 is 1.73 bits per heavy atom. The number of ether oxygens (including phenoxy) is 3. The molecule has 0 radical (unpaired) electrons. The summed E-state index contributed by atoms with van der Waals surface area (Å²) < 4.78 is 17.3. The number of carbonyl (C=O) groups excluding carboxylic acids is 1. The van der Waals surface area contributed by atoms with Crippen molar-refractivity contribution >= 4 is 22.6 Å². The number of unbranched alkanes of at least 4 members (excludes halogenated alkanes) is 1. The van der Waals surface area contributed by atoms with E-state index in [0.29, 0.717) is 36.8 Å². The molecule has 0 atom stereocenters. The van der Waals surface area contributed by atoms with E-state index in [2.05, 4.69) is 17.0 Å². The minimum Gasteiger partial charge on any atom is -0.497 e. The lowest BCUT2D eigenvalue weighted by atomic mass is 10.0. The van der Waals surface area contributed by atoms with Crippen LogP contribution >= 0.6 is 0 Å². The van der Waals surface area contributed by atoms with Gasteiger partial charge in [0.1, 0.15) is 23.1 Å². The summed E-state index contributed by atoms with van der Waals surface area (Å²) in [5.74, 6) is 3.38. The van der Waals surface area contributed by atoms with Crippen molar-refractivity contribution in [2.45, 2.75) is 52.4 Å². The largest absolute Gasteiger partial charge is 0.497 e. The predicted molar refractivity (Wildman–Crippen MR) is 143 cm³/mol. The number of benzene rings is 2. The molecule has 9 nitrogen and oxygen atoms in total. The average Bonchev–Trinajstić information content (AvgIpc) is 2.92. The first-order valence-corrected chi connectivity index (χ1v) is 12.8. The highest BCUT2D eigenvalue weighted by atomic mass is 16.5. The maximum absolute atomic E-state index is 11.2. The summed E-state index contributed by atoms with van der Waals surface area (Å²) >= 11 is 0. The number of hydrogen-bond donors (Lipinski definition) is 2. The van der Waals surface area contributed by atoms with Gasteiger partial charge in [-0.25, -0.2) is 15.4 Å². The Bertz CT molecular complexity index is 1230. The van der Waals surface area contributed by atoms with Crippen LogP contribution in [0.4, 0.5) is 5.82 Å². The normalized spacial score (nSPS) is 13.5. The van der Waals surface area contributed by atoms with Gasteiger partial charge < -0.3 is 19.1 Å². The third-order valence-electron chi connectivity index (χ3n) is 6.72. The summed E-state index contributed by atoms with van der Waals surface area (Å²) in [6.45, 7) is 6.43. The summed E-state index contributed by atoms with van der Waals surface area (Å²) in [7, 11) is 3.30. The SMILES string of the molecule is COc1cc(OC)c2c(N3CCCCC3)nc(-c3cc(C)c(OCCCCC(=O)NO)c(C)c3)nc2c1. The zero-order valence-electron chi connectivity index (χ0n) is 22.1. The van der Waals surface area contributed by atoms with Crippen LogP contribution in [-0.2, 0) is 4.79 Å². The van der Waals surface area contributed by atoms with Gasteiger partial charge in [-0.1, -0.05) is 0 Å². The highest BCUT2D eigenvalue weighted by molar-refractivity contribution is 5.97. The minimum atomic E-state index is -0.383. The molecule has 1 aromatic heterocycles. The van der Waals surface area contributed by atoms with E-state index in [1.807, 2.05) is 26.0 Å². The number of carbonyl (C=O) groups is 1. The molecule has 2 aromatic carbocycles. The van der Waals surface area contributed by atoms with E-state index in [0.717, 1.165) is 65.1 Å². The van der Waals surface area contributed by atoms with Gasteiger partial charge in [0.15, 0.2) is 5.82 Å². The van der Waals surface area contributed by atoms with Gasteiger partial charge in [-0.2, -0.15) is 0 Å². The molecule has 3 aromatic rings. The molecular weight excluding hydrogens is 472 g/mol. The number of aromatic nitrogens is 2. The molecule has 0 unspecified atom stereocenters. The molecule has 2 heterocycles. The summed E-state index contributed by atoms with van der Waals surface area (Å²) in [6, 6.07) is 7.93. The number of fused-ring (bicyclic) bond motifs is 1. The molecule has 0 bridgehead atoms. The van der Waals surface area contributed by atoms with Crippen molar-refractivity contribution < 1.29 is 24.2 Å². The average molecular weight is 509 g/mol. The monoisotopic (exact) mass is 508 g/mol. The van der Waals surface area contributed by atoms with E-state index in [1.165, 1.54) is 6.42 Å². The second-order valence-corrected chi connectivity index (χ2v) is 9.42. The number of amides is 1. The van der Waals surface area contributed by atoms with Gasteiger partial charge in [-0.15, -0.1) is 0 Å². The van der Waals surface area contributed by atoms with Crippen LogP contribution in [0.2, 0.25) is 0 Å². The van der Waals surface area contributed by atoms with E-state index < -0.39 is 0 Å². The Morgan fingerprint density at radius 1 is 1.00 bits per heavy atom. The van der Waals surface area contributed by atoms with Crippen molar-refractivity contribution in [3.05, 3.63) is 35.4 Å². The van der Waals surface area contributed by atoms with Crippen LogP contribution in [-0.4, -0.2) is 55.0 Å². The minimum absolute atomic E-state index is 0.269. The fourth-order valence-corrected chi connectivity index (χ4v) is 4.85. The van der Waals surface area contributed by atoms with Crippen molar-refractivity contribution in [2.75, 3.05) is 38.8 Å². The highest BCUT2D eigenvalue weighted by Gasteiger charge is 2.22. The first kappa shape index (κ1) is 26.5. The maximum Gasteiger partial charge on any atom is 0.243 e. The second-order valence-electron chi connectivity index (χ2n) is 9.42. The van der Waals surface area contributed by atoms with Gasteiger partial charge >= 0.3 is 0 Å². The van der Waals surface area contributed by atoms with Gasteiger partial charge in [0.25, 0.3) is 0 Å². The summed E-state index contributed by atoms with van der Waals surface area (Å²) in [5.41, 5.74) is 5.35. The molecule has 1 aliphatic heterocycles. The van der Waals surface area contributed by atoms with Gasteiger partial charge in [0.05, 0.1) is 31.7 Å². The van der Waals surface area contributed by atoms with E-state index >= 15 is 0 Å². The summed E-state index contributed by atoms with van der Waals surface area (Å²) in [5, 5.41) is 9.51.